The molecule has 0 unspecified atom stereocenters. The molecule has 0 N–H and O–H groups in total. The summed E-state index contributed by atoms with van der Waals surface area (Å²) in [4.78, 5) is 19.3. The number of amides is 1. The van der Waals surface area contributed by atoms with Crippen molar-refractivity contribution in [1.29, 1.82) is 0 Å². The van der Waals surface area contributed by atoms with E-state index in [1.165, 1.54) is 11.1 Å². The van der Waals surface area contributed by atoms with Crippen molar-refractivity contribution >= 4 is 17.2 Å². The summed E-state index contributed by atoms with van der Waals surface area (Å²) in [5, 5.41) is 2.87. The average Bonchev–Trinajstić information content (AvgIpc) is 3.22. The second-order valence-corrected chi connectivity index (χ2v) is 8.02. The molecule has 3 aromatic rings. The van der Waals surface area contributed by atoms with Crippen molar-refractivity contribution in [1.82, 2.24) is 9.88 Å². The van der Waals surface area contributed by atoms with Crippen LogP contribution in [0.15, 0.2) is 66.0 Å². The Morgan fingerprint density at radius 3 is 2.32 bits per heavy atom. The fourth-order valence-corrected chi connectivity index (χ4v) is 4.24. The van der Waals surface area contributed by atoms with Gasteiger partial charge in [0.25, 0.3) is 5.91 Å². The quantitative estimate of drug-likeness (QED) is 0.618. The number of hydrogen-bond donors (Lipinski definition) is 0. The van der Waals surface area contributed by atoms with Gasteiger partial charge in [-0.15, -0.1) is 11.3 Å². The number of hydrogen-bond acceptors (Lipinski definition) is 4. The van der Waals surface area contributed by atoms with Crippen molar-refractivity contribution in [3.63, 3.8) is 0 Å². The zero-order valence-electron chi connectivity index (χ0n) is 15.8. The molecule has 28 heavy (non-hydrogen) atoms. The van der Waals surface area contributed by atoms with Crippen LogP contribution < -0.4 is 0 Å². The van der Waals surface area contributed by atoms with E-state index in [4.69, 9.17) is 4.74 Å². The SMILES string of the molecule is O=C(c1csc(Cc2ccccc2)n1)N1CCC(OCc2ccccc2)CC1. The van der Waals surface area contributed by atoms with E-state index in [9.17, 15) is 4.79 Å². The van der Waals surface area contributed by atoms with Crippen LogP contribution in [0.5, 0.6) is 0 Å². The molecule has 1 saturated heterocycles. The lowest BCUT2D eigenvalue weighted by Gasteiger charge is -2.31. The maximum atomic E-state index is 12.8. The van der Waals surface area contributed by atoms with Crippen molar-refractivity contribution in [2.24, 2.45) is 0 Å². The molecule has 0 bridgehead atoms. The lowest BCUT2D eigenvalue weighted by Crippen LogP contribution is -2.41. The molecular weight excluding hydrogens is 368 g/mol. The molecule has 0 radical (unpaired) electrons. The van der Waals surface area contributed by atoms with Gasteiger partial charge in [0.2, 0.25) is 0 Å². The van der Waals surface area contributed by atoms with Gasteiger partial charge in [-0.2, -0.15) is 0 Å². The Labute approximate surface area is 169 Å². The minimum atomic E-state index is 0.0390. The summed E-state index contributed by atoms with van der Waals surface area (Å²) >= 11 is 1.56. The minimum Gasteiger partial charge on any atom is -0.373 e. The van der Waals surface area contributed by atoms with Crippen molar-refractivity contribution in [2.45, 2.75) is 32.0 Å². The lowest BCUT2D eigenvalue weighted by molar-refractivity contribution is -0.000495. The van der Waals surface area contributed by atoms with E-state index in [2.05, 4.69) is 29.2 Å². The van der Waals surface area contributed by atoms with Crippen LogP contribution in [0.1, 0.15) is 39.5 Å². The molecule has 1 fully saturated rings. The second kappa shape index (κ2) is 9.13. The predicted octanol–water partition coefficient (Wildman–Crippen LogP) is 4.56. The van der Waals surface area contributed by atoms with Gasteiger partial charge in [-0.25, -0.2) is 4.98 Å². The first-order chi connectivity index (χ1) is 13.8. The molecule has 144 valence electrons. The number of likely N-dealkylation sites (tertiary alicyclic amines) is 1. The number of piperidine rings is 1. The third-order valence-electron chi connectivity index (χ3n) is 5.03. The van der Waals surface area contributed by atoms with Crippen molar-refractivity contribution in [2.75, 3.05) is 13.1 Å². The van der Waals surface area contributed by atoms with Gasteiger partial charge in [0.1, 0.15) is 5.69 Å². The molecule has 2 heterocycles. The summed E-state index contributed by atoms with van der Waals surface area (Å²) in [6.07, 6.45) is 2.74. The Hall–Kier alpha value is -2.50. The maximum Gasteiger partial charge on any atom is 0.273 e. The zero-order chi connectivity index (χ0) is 19.2. The molecule has 1 aromatic heterocycles. The highest BCUT2D eigenvalue weighted by Crippen LogP contribution is 2.20. The van der Waals surface area contributed by atoms with Crippen molar-refractivity contribution < 1.29 is 9.53 Å². The third-order valence-corrected chi connectivity index (χ3v) is 5.88. The summed E-state index contributed by atoms with van der Waals surface area (Å²) in [5.41, 5.74) is 2.97. The van der Waals surface area contributed by atoms with E-state index in [0.29, 0.717) is 12.3 Å². The molecule has 0 aliphatic carbocycles. The molecule has 1 amide bonds. The first kappa shape index (κ1) is 18.8. The highest BCUT2D eigenvalue weighted by Gasteiger charge is 2.25. The number of ether oxygens (including phenoxy) is 1. The molecular formula is C23H24N2O2S. The van der Waals surface area contributed by atoms with Gasteiger partial charge in [-0.05, 0) is 24.0 Å². The topological polar surface area (TPSA) is 42.4 Å². The molecule has 1 aliphatic rings. The van der Waals surface area contributed by atoms with Crippen molar-refractivity contribution in [3.8, 4) is 0 Å². The molecule has 0 saturated carbocycles. The van der Waals surface area contributed by atoms with E-state index >= 15 is 0 Å². The first-order valence-electron chi connectivity index (χ1n) is 9.71. The van der Waals surface area contributed by atoms with E-state index in [-0.39, 0.29) is 12.0 Å². The number of carbonyl (C=O) groups excluding carboxylic acids is 1. The van der Waals surface area contributed by atoms with Gasteiger partial charge in [-0.1, -0.05) is 60.7 Å². The second-order valence-electron chi connectivity index (χ2n) is 7.08. The van der Waals surface area contributed by atoms with Gasteiger partial charge in [0.15, 0.2) is 0 Å². The van der Waals surface area contributed by atoms with E-state index in [0.717, 1.165) is 37.4 Å². The van der Waals surface area contributed by atoms with Gasteiger partial charge in [-0.3, -0.25) is 4.79 Å². The van der Waals surface area contributed by atoms with E-state index in [1.807, 2.05) is 46.7 Å². The highest BCUT2D eigenvalue weighted by molar-refractivity contribution is 7.09. The van der Waals surface area contributed by atoms with E-state index < -0.39 is 0 Å². The van der Waals surface area contributed by atoms with Crippen LogP contribution in [-0.2, 0) is 17.8 Å². The van der Waals surface area contributed by atoms with Gasteiger partial charge in [0, 0.05) is 24.9 Å². The summed E-state index contributed by atoms with van der Waals surface area (Å²) < 4.78 is 6.02. The van der Waals surface area contributed by atoms with Crippen LogP contribution in [-0.4, -0.2) is 35.0 Å². The number of carbonyl (C=O) groups is 1. The zero-order valence-corrected chi connectivity index (χ0v) is 16.6. The Morgan fingerprint density at radius 2 is 1.64 bits per heavy atom. The number of thiazole rings is 1. The predicted molar refractivity (Wildman–Crippen MR) is 112 cm³/mol. The normalized spacial score (nSPS) is 14.9. The standard InChI is InChI=1S/C23H24N2O2S/c26-23(21-17-28-22(24-21)15-18-7-3-1-4-8-18)25-13-11-20(12-14-25)27-16-19-9-5-2-6-10-19/h1-10,17,20H,11-16H2. The van der Waals surface area contributed by atoms with Crippen molar-refractivity contribution in [3.05, 3.63) is 87.9 Å². The summed E-state index contributed by atoms with van der Waals surface area (Å²) in [6, 6.07) is 20.5. The van der Waals surface area contributed by atoms with Gasteiger partial charge >= 0.3 is 0 Å². The molecule has 4 rings (SSSR count). The lowest BCUT2D eigenvalue weighted by atomic mass is 10.1. The van der Waals surface area contributed by atoms with Crippen LogP contribution in [0.25, 0.3) is 0 Å². The van der Waals surface area contributed by atoms with Crippen LogP contribution in [0.4, 0.5) is 0 Å². The van der Waals surface area contributed by atoms with Gasteiger partial charge in [0.05, 0.1) is 17.7 Å². The van der Waals surface area contributed by atoms with E-state index in [1.54, 1.807) is 11.3 Å². The average molecular weight is 393 g/mol. The van der Waals surface area contributed by atoms with Crippen LogP contribution in [0.2, 0.25) is 0 Å². The molecule has 0 atom stereocenters. The Kier molecular flexibility index (Phi) is 6.14. The highest BCUT2D eigenvalue weighted by atomic mass is 32.1. The fourth-order valence-electron chi connectivity index (χ4n) is 3.44. The Bertz CT molecular complexity index is 887. The summed E-state index contributed by atoms with van der Waals surface area (Å²) in [6.45, 7) is 2.09. The molecule has 1 aliphatic heterocycles. The monoisotopic (exact) mass is 392 g/mol. The molecule has 2 aromatic carbocycles. The van der Waals surface area contributed by atoms with Crippen LogP contribution in [0.3, 0.4) is 0 Å². The summed E-state index contributed by atoms with van der Waals surface area (Å²) in [7, 11) is 0. The van der Waals surface area contributed by atoms with Crippen LogP contribution >= 0.6 is 11.3 Å². The number of rotatable bonds is 6. The third kappa shape index (κ3) is 4.86. The van der Waals surface area contributed by atoms with Crippen LogP contribution in [0, 0.1) is 0 Å². The largest absolute Gasteiger partial charge is 0.373 e. The number of nitrogens with zero attached hydrogens (tertiary/aromatic N) is 2. The fraction of sp³-hybridized carbons (Fsp3) is 0.304. The molecule has 5 heteroatoms. The Morgan fingerprint density at radius 1 is 1.00 bits per heavy atom. The molecule has 4 nitrogen and oxygen atoms in total. The first-order valence-corrected chi connectivity index (χ1v) is 10.6. The molecule has 0 spiro atoms. The maximum absolute atomic E-state index is 12.8. The Balaban J connectivity index is 1.27. The summed E-state index contributed by atoms with van der Waals surface area (Å²) in [5.74, 6) is 0.0390. The number of benzene rings is 2. The smallest absolute Gasteiger partial charge is 0.273 e. The minimum absolute atomic E-state index is 0.0390. The van der Waals surface area contributed by atoms with Gasteiger partial charge < -0.3 is 9.64 Å². The number of aromatic nitrogens is 1.